The number of hydrogen-bond acceptors (Lipinski definition) is 3. The van der Waals surface area contributed by atoms with Crippen molar-refractivity contribution >= 4 is 40.1 Å². The summed E-state index contributed by atoms with van der Waals surface area (Å²) in [6, 6.07) is 12.3. The van der Waals surface area contributed by atoms with Gasteiger partial charge in [0.2, 0.25) is 5.91 Å². The number of carbonyl (C=O) groups excluding carboxylic acids is 2. The summed E-state index contributed by atoms with van der Waals surface area (Å²) in [7, 11) is 0. The third-order valence-corrected chi connectivity index (χ3v) is 4.01. The van der Waals surface area contributed by atoms with Crippen LogP contribution < -0.4 is 11.1 Å². The van der Waals surface area contributed by atoms with E-state index >= 15 is 0 Å². The minimum Gasteiger partial charge on any atom is -0.449 e. The number of fused-ring (bicyclic) bond motifs is 1. The van der Waals surface area contributed by atoms with Crippen LogP contribution in [0.15, 0.2) is 46.9 Å². The molecule has 1 aromatic heterocycles. The molecule has 24 heavy (non-hydrogen) atoms. The molecule has 2 amide bonds. The van der Waals surface area contributed by atoms with Gasteiger partial charge in [-0.1, -0.05) is 35.9 Å². The average molecular weight is 343 g/mol. The lowest BCUT2D eigenvalue weighted by Crippen LogP contribution is -2.14. The summed E-state index contributed by atoms with van der Waals surface area (Å²) in [6.45, 7) is 1.81. The summed E-state index contributed by atoms with van der Waals surface area (Å²) in [6.07, 6.45) is 0.162. The Morgan fingerprint density at radius 2 is 1.88 bits per heavy atom. The Hall–Kier alpha value is -2.79. The maximum absolute atomic E-state index is 12.5. The quantitative estimate of drug-likeness (QED) is 0.758. The maximum atomic E-state index is 12.5. The number of benzene rings is 2. The zero-order chi connectivity index (χ0) is 17.3. The van der Waals surface area contributed by atoms with E-state index in [1.54, 1.807) is 30.3 Å². The van der Waals surface area contributed by atoms with Crippen molar-refractivity contribution in [1.29, 1.82) is 0 Å². The Balaban J connectivity index is 1.84. The van der Waals surface area contributed by atoms with Crippen LogP contribution in [0.5, 0.6) is 0 Å². The molecule has 3 rings (SSSR count). The first-order chi connectivity index (χ1) is 11.5. The standard InChI is InChI=1S/C18H15ClN2O3/c1-10-13-3-2-4-14(19)17(13)24-16(10)18(23)21-12-7-5-11(6-8-12)9-15(20)22/h2-8H,9H2,1H3,(H2,20,22)(H,21,23). The first kappa shape index (κ1) is 16.1. The minimum atomic E-state index is -0.401. The molecule has 2 aromatic carbocycles. The van der Waals surface area contributed by atoms with Crippen LogP contribution in [0.25, 0.3) is 11.0 Å². The first-order valence-electron chi connectivity index (χ1n) is 7.32. The van der Waals surface area contributed by atoms with Crippen LogP contribution in [0, 0.1) is 6.92 Å². The number of para-hydroxylation sites is 1. The van der Waals surface area contributed by atoms with Gasteiger partial charge in [0.05, 0.1) is 11.4 Å². The van der Waals surface area contributed by atoms with Gasteiger partial charge in [-0.2, -0.15) is 0 Å². The third kappa shape index (κ3) is 3.12. The lowest BCUT2D eigenvalue weighted by Gasteiger charge is -2.05. The van der Waals surface area contributed by atoms with Gasteiger partial charge in [-0.3, -0.25) is 9.59 Å². The van der Waals surface area contributed by atoms with Crippen LogP contribution in [0.1, 0.15) is 21.7 Å². The van der Waals surface area contributed by atoms with Crippen molar-refractivity contribution in [3.63, 3.8) is 0 Å². The lowest BCUT2D eigenvalue weighted by molar-refractivity contribution is -0.117. The molecule has 3 N–H and O–H groups in total. The van der Waals surface area contributed by atoms with E-state index in [2.05, 4.69) is 5.32 Å². The van der Waals surface area contributed by atoms with Gasteiger partial charge in [-0.05, 0) is 30.7 Å². The Morgan fingerprint density at radius 1 is 1.17 bits per heavy atom. The molecule has 0 aliphatic carbocycles. The third-order valence-electron chi connectivity index (χ3n) is 3.71. The van der Waals surface area contributed by atoms with E-state index in [9.17, 15) is 9.59 Å². The van der Waals surface area contributed by atoms with Gasteiger partial charge in [0.25, 0.3) is 5.91 Å². The monoisotopic (exact) mass is 342 g/mol. The Bertz CT molecular complexity index is 929. The number of nitrogens with one attached hydrogen (secondary N) is 1. The van der Waals surface area contributed by atoms with E-state index in [0.717, 1.165) is 16.5 Å². The molecule has 0 radical (unpaired) electrons. The van der Waals surface area contributed by atoms with Crippen molar-refractivity contribution in [1.82, 2.24) is 0 Å². The summed E-state index contributed by atoms with van der Waals surface area (Å²) >= 11 is 6.10. The fraction of sp³-hybridized carbons (Fsp3) is 0.111. The second kappa shape index (κ2) is 6.37. The number of rotatable bonds is 4. The molecule has 0 bridgehead atoms. The lowest BCUT2D eigenvalue weighted by atomic mass is 10.1. The van der Waals surface area contributed by atoms with Crippen molar-refractivity contribution in [3.05, 3.63) is 64.4 Å². The SMILES string of the molecule is Cc1c(C(=O)Nc2ccc(CC(N)=O)cc2)oc2c(Cl)cccc12. The number of aryl methyl sites for hydroxylation is 1. The van der Waals surface area contributed by atoms with Crippen molar-refractivity contribution in [2.45, 2.75) is 13.3 Å². The zero-order valence-electron chi connectivity index (χ0n) is 12.9. The molecule has 0 unspecified atom stereocenters. The van der Waals surface area contributed by atoms with Crippen LogP contribution in [0.2, 0.25) is 5.02 Å². The number of hydrogen-bond donors (Lipinski definition) is 2. The highest BCUT2D eigenvalue weighted by Crippen LogP contribution is 2.31. The molecular formula is C18H15ClN2O3. The van der Waals surface area contributed by atoms with E-state index < -0.39 is 5.91 Å². The number of furan rings is 1. The molecule has 122 valence electrons. The molecule has 0 spiro atoms. The zero-order valence-corrected chi connectivity index (χ0v) is 13.7. The summed E-state index contributed by atoms with van der Waals surface area (Å²) < 4.78 is 5.63. The molecule has 5 nitrogen and oxygen atoms in total. The number of halogens is 1. The van der Waals surface area contributed by atoms with E-state index in [0.29, 0.717) is 16.3 Å². The summed E-state index contributed by atoms with van der Waals surface area (Å²) in [5, 5.41) is 4.04. The normalized spacial score (nSPS) is 10.8. The number of nitrogens with two attached hydrogens (primary N) is 1. The Kier molecular flexibility index (Phi) is 4.27. The topological polar surface area (TPSA) is 85.3 Å². The summed E-state index contributed by atoms with van der Waals surface area (Å²) in [5.41, 5.74) is 7.76. The molecule has 0 atom stereocenters. The second-order valence-corrected chi connectivity index (χ2v) is 5.87. The molecule has 0 saturated carbocycles. The van der Waals surface area contributed by atoms with Crippen LogP contribution in [0.3, 0.4) is 0 Å². The van der Waals surface area contributed by atoms with Gasteiger partial charge in [-0.25, -0.2) is 0 Å². The molecular weight excluding hydrogens is 328 g/mol. The minimum absolute atomic E-state index is 0.162. The summed E-state index contributed by atoms with van der Waals surface area (Å²) in [4.78, 5) is 23.4. The van der Waals surface area contributed by atoms with Gasteiger partial charge in [0, 0.05) is 16.6 Å². The molecule has 3 aromatic rings. The predicted octanol–water partition coefficient (Wildman–Crippen LogP) is 3.67. The average Bonchev–Trinajstić information content (AvgIpc) is 2.88. The molecule has 1 heterocycles. The maximum Gasteiger partial charge on any atom is 0.291 e. The highest BCUT2D eigenvalue weighted by Gasteiger charge is 2.19. The van der Waals surface area contributed by atoms with Gasteiger partial charge in [0.15, 0.2) is 11.3 Å². The fourth-order valence-corrected chi connectivity index (χ4v) is 2.73. The van der Waals surface area contributed by atoms with E-state index in [1.165, 1.54) is 0 Å². The fourth-order valence-electron chi connectivity index (χ4n) is 2.52. The van der Waals surface area contributed by atoms with Gasteiger partial charge < -0.3 is 15.5 Å². The molecule has 0 saturated heterocycles. The highest BCUT2D eigenvalue weighted by atomic mass is 35.5. The number of amides is 2. The van der Waals surface area contributed by atoms with Gasteiger partial charge in [-0.15, -0.1) is 0 Å². The van der Waals surface area contributed by atoms with Crippen molar-refractivity contribution < 1.29 is 14.0 Å². The smallest absolute Gasteiger partial charge is 0.291 e. The van der Waals surface area contributed by atoms with Crippen LogP contribution >= 0.6 is 11.6 Å². The Labute approximate surface area is 143 Å². The van der Waals surface area contributed by atoms with Crippen LogP contribution in [0.4, 0.5) is 5.69 Å². The molecule has 0 aliphatic heterocycles. The van der Waals surface area contributed by atoms with Crippen molar-refractivity contribution in [2.24, 2.45) is 5.73 Å². The van der Waals surface area contributed by atoms with Crippen molar-refractivity contribution in [2.75, 3.05) is 5.32 Å². The highest BCUT2D eigenvalue weighted by molar-refractivity contribution is 6.35. The predicted molar refractivity (Wildman–Crippen MR) is 93.3 cm³/mol. The summed E-state index contributed by atoms with van der Waals surface area (Å²) in [5.74, 6) is -0.539. The van der Waals surface area contributed by atoms with E-state index in [1.807, 2.05) is 19.1 Å². The van der Waals surface area contributed by atoms with Crippen LogP contribution in [-0.4, -0.2) is 11.8 Å². The number of anilines is 1. The van der Waals surface area contributed by atoms with Gasteiger partial charge >= 0.3 is 0 Å². The second-order valence-electron chi connectivity index (χ2n) is 5.47. The van der Waals surface area contributed by atoms with Crippen molar-refractivity contribution in [3.8, 4) is 0 Å². The van der Waals surface area contributed by atoms with Crippen LogP contribution in [-0.2, 0) is 11.2 Å². The molecule has 6 heteroatoms. The Morgan fingerprint density at radius 3 is 2.50 bits per heavy atom. The van der Waals surface area contributed by atoms with E-state index in [4.69, 9.17) is 21.8 Å². The molecule has 0 fully saturated rings. The number of carbonyl (C=O) groups is 2. The largest absolute Gasteiger partial charge is 0.449 e. The molecule has 0 aliphatic rings. The number of primary amides is 1. The first-order valence-corrected chi connectivity index (χ1v) is 7.69. The van der Waals surface area contributed by atoms with E-state index in [-0.39, 0.29) is 18.1 Å². The van der Waals surface area contributed by atoms with Gasteiger partial charge in [0.1, 0.15) is 0 Å².